The van der Waals surface area contributed by atoms with Crippen LogP contribution in [-0.2, 0) is 17.9 Å². The molecule has 0 aliphatic carbocycles. The zero-order valence-corrected chi connectivity index (χ0v) is 16.6. The highest BCUT2D eigenvalue weighted by atomic mass is 16.5. The number of nitrogens with one attached hydrogen (secondary N) is 1. The van der Waals surface area contributed by atoms with Gasteiger partial charge in [0.15, 0.2) is 0 Å². The molecule has 1 aliphatic heterocycles. The van der Waals surface area contributed by atoms with Gasteiger partial charge in [-0.3, -0.25) is 9.69 Å². The number of methoxy groups -OCH3 is 2. The molecule has 2 aromatic carbocycles. The van der Waals surface area contributed by atoms with Crippen LogP contribution in [0.3, 0.4) is 0 Å². The largest absolute Gasteiger partial charge is 0.497 e. The summed E-state index contributed by atoms with van der Waals surface area (Å²) in [5, 5.41) is 2.92. The first-order valence-electron chi connectivity index (χ1n) is 9.66. The van der Waals surface area contributed by atoms with Crippen molar-refractivity contribution in [3.8, 4) is 11.5 Å². The number of amides is 1. The molecule has 5 heteroatoms. The molecule has 5 nitrogen and oxygen atoms in total. The molecule has 1 saturated heterocycles. The van der Waals surface area contributed by atoms with E-state index >= 15 is 0 Å². The monoisotopic (exact) mass is 380 g/mol. The van der Waals surface area contributed by atoms with Gasteiger partial charge in [0.1, 0.15) is 11.5 Å². The van der Waals surface area contributed by atoms with Crippen molar-refractivity contribution in [3.05, 3.63) is 65.2 Å². The average molecular weight is 380 g/mol. The molecule has 0 saturated carbocycles. The highest BCUT2D eigenvalue weighted by Crippen LogP contribution is 2.25. The van der Waals surface area contributed by atoms with Crippen molar-refractivity contribution < 1.29 is 14.3 Å². The van der Waals surface area contributed by atoms with Gasteiger partial charge in [-0.1, -0.05) is 24.3 Å². The van der Waals surface area contributed by atoms with Crippen LogP contribution in [0.1, 0.15) is 29.5 Å². The number of nitrogens with zero attached hydrogens (tertiary/aromatic N) is 1. The molecule has 0 bridgehead atoms. The molecule has 0 unspecified atom stereocenters. The molecule has 0 spiro atoms. The Balaban J connectivity index is 1.52. The van der Waals surface area contributed by atoms with Crippen LogP contribution in [0.2, 0.25) is 0 Å². The summed E-state index contributed by atoms with van der Waals surface area (Å²) in [6, 6.07) is 13.9. The Labute approximate surface area is 167 Å². The lowest BCUT2D eigenvalue weighted by Crippen LogP contribution is -2.20. The highest BCUT2D eigenvalue weighted by Gasteiger charge is 2.11. The Morgan fingerprint density at radius 3 is 2.43 bits per heavy atom. The number of likely N-dealkylation sites (tertiary alicyclic amines) is 1. The highest BCUT2D eigenvalue weighted by molar-refractivity contribution is 5.92. The van der Waals surface area contributed by atoms with Gasteiger partial charge in [0, 0.05) is 24.7 Å². The van der Waals surface area contributed by atoms with Crippen molar-refractivity contribution in [3.63, 3.8) is 0 Å². The van der Waals surface area contributed by atoms with Crippen molar-refractivity contribution in [1.29, 1.82) is 0 Å². The van der Waals surface area contributed by atoms with Crippen LogP contribution in [-0.4, -0.2) is 38.1 Å². The van der Waals surface area contributed by atoms with Crippen molar-refractivity contribution in [2.75, 3.05) is 27.3 Å². The molecule has 1 amide bonds. The van der Waals surface area contributed by atoms with E-state index in [1.165, 1.54) is 37.6 Å². The maximum atomic E-state index is 12.2. The van der Waals surface area contributed by atoms with Gasteiger partial charge >= 0.3 is 0 Å². The number of ether oxygens (including phenoxy) is 2. The van der Waals surface area contributed by atoms with Gasteiger partial charge in [-0.15, -0.1) is 0 Å². The standard InChI is InChI=1S/C23H28N2O3/c1-27-21-10-11-22(28-2)20(15-21)9-12-23(26)24-16-18-5-7-19(8-6-18)17-25-13-3-4-14-25/h5-12,15H,3-4,13-14,16-17H2,1-2H3,(H,24,26)/b12-9+. The van der Waals surface area contributed by atoms with Crippen LogP contribution in [0, 0.1) is 0 Å². The molecular formula is C23H28N2O3. The first-order valence-corrected chi connectivity index (χ1v) is 9.66. The summed E-state index contributed by atoms with van der Waals surface area (Å²) in [5.41, 5.74) is 3.20. The second-order valence-corrected chi connectivity index (χ2v) is 6.96. The number of benzene rings is 2. The van der Waals surface area contributed by atoms with Gasteiger partial charge in [-0.2, -0.15) is 0 Å². The molecular weight excluding hydrogens is 352 g/mol. The second-order valence-electron chi connectivity index (χ2n) is 6.96. The Bertz CT molecular complexity index is 809. The summed E-state index contributed by atoms with van der Waals surface area (Å²) in [6.45, 7) is 3.91. The van der Waals surface area contributed by atoms with Crippen molar-refractivity contribution in [2.45, 2.75) is 25.9 Å². The van der Waals surface area contributed by atoms with E-state index in [1.807, 2.05) is 18.2 Å². The lowest BCUT2D eigenvalue weighted by Gasteiger charge is -2.14. The van der Waals surface area contributed by atoms with Crippen LogP contribution in [0.4, 0.5) is 0 Å². The van der Waals surface area contributed by atoms with Crippen LogP contribution >= 0.6 is 0 Å². The fraction of sp³-hybridized carbons (Fsp3) is 0.348. The fourth-order valence-corrected chi connectivity index (χ4v) is 3.34. The quantitative estimate of drug-likeness (QED) is 0.711. The summed E-state index contributed by atoms with van der Waals surface area (Å²) >= 11 is 0. The van der Waals surface area contributed by atoms with E-state index in [2.05, 4.69) is 34.5 Å². The maximum absolute atomic E-state index is 12.2. The van der Waals surface area contributed by atoms with E-state index < -0.39 is 0 Å². The minimum Gasteiger partial charge on any atom is -0.497 e. The molecule has 0 atom stereocenters. The van der Waals surface area contributed by atoms with Crippen molar-refractivity contribution in [2.24, 2.45) is 0 Å². The predicted molar refractivity (Wildman–Crippen MR) is 111 cm³/mol. The molecule has 0 radical (unpaired) electrons. The minimum absolute atomic E-state index is 0.147. The Hall–Kier alpha value is -2.79. The first kappa shape index (κ1) is 20.0. The van der Waals surface area contributed by atoms with Gasteiger partial charge in [0.25, 0.3) is 0 Å². The minimum atomic E-state index is -0.147. The lowest BCUT2D eigenvalue weighted by molar-refractivity contribution is -0.116. The van der Waals surface area contributed by atoms with E-state index in [1.54, 1.807) is 20.3 Å². The summed E-state index contributed by atoms with van der Waals surface area (Å²) < 4.78 is 10.5. The van der Waals surface area contributed by atoms with E-state index in [0.29, 0.717) is 12.3 Å². The van der Waals surface area contributed by atoms with Crippen LogP contribution in [0.5, 0.6) is 11.5 Å². The predicted octanol–water partition coefficient (Wildman–Crippen LogP) is 3.63. The van der Waals surface area contributed by atoms with Crippen molar-refractivity contribution >= 4 is 12.0 Å². The van der Waals surface area contributed by atoms with Crippen molar-refractivity contribution in [1.82, 2.24) is 10.2 Å². The average Bonchev–Trinajstić information content (AvgIpc) is 3.24. The zero-order valence-electron chi connectivity index (χ0n) is 16.6. The maximum Gasteiger partial charge on any atom is 0.244 e. The second kappa shape index (κ2) is 9.95. The summed E-state index contributed by atoms with van der Waals surface area (Å²) in [7, 11) is 3.21. The van der Waals surface area contributed by atoms with Gasteiger partial charge in [-0.25, -0.2) is 0 Å². The SMILES string of the molecule is COc1ccc(OC)c(/C=C/C(=O)NCc2ccc(CN3CCCC3)cc2)c1. The van der Waals surface area contributed by atoms with E-state index in [-0.39, 0.29) is 5.91 Å². The number of carbonyl (C=O) groups is 1. The summed E-state index contributed by atoms with van der Waals surface area (Å²) in [5.74, 6) is 1.26. The zero-order chi connectivity index (χ0) is 19.8. The lowest BCUT2D eigenvalue weighted by atomic mass is 10.1. The van der Waals surface area contributed by atoms with Gasteiger partial charge < -0.3 is 14.8 Å². The molecule has 1 N–H and O–H groups in total. The van der Waals surface area contributed by atoms with E-state index in [9.17, 15) is 4.79 Å². The molecule has 0 aromatic heterocycles. The molecule has 1 heterocycles. The Morgan fingerprint density at radius 2 is 1.75 bits per heavy atom. The van der Waals surface area contributed by atoms with Crippen LogP contribution < -0.4 is 14.8 Å². The normalized spacial score (nSPS) is 14.4. The van der Waals surface area contributed by atoms with Gasteiger partial charge in [-0.05, 0) is 61.3 Å². The summed E-state index contributed by atoms with van der Waals surface area (Å²) in [4.78, 5) is 14.6. The topological polar surface area (TPSA) is 50.8 Å². The van der Waals surface area contributed by atoms with Crippen LogP contribution in [0.15, 0.2) is 48.5 Å². The summed E-state index contributed by atoms with van der Waals surface area (Å²) in [6.07, 6.45) is 5.85. The molecule has 2 aromatic rings. The molecule has 148 valence electrons. The molecule has 1 aliphatic rings. The molecule has 3 rings (SSSR count). The number of hydrogen-bond donors (Lipinski definition) is 1. The van der Waals surface area contributed by atoms with Gasteiger partial charge in [0.05, 0.1) is 14.2 Å². The number of hydrogen-bond acceptors (Lipinski definition) is 4. The molecule has 28 heavy (non-hydrogen) atoms. The van der Waals surface area contributed by atoms with E-state index in [4.69, 9.17) is 9.47 Å². The third-order valence-corrected chi connectivity index (χ3v) is 4.95. The first-order chi connectivity index (χ1) is 13.7. The Morgan fingerprint density at radius 1 is 1.04 bits per heavy atom. The third kappa shape index (κ3) is 5.60. The molecule has 1 fully saturated rings. The fourth-order valence-electron chi connectivity index (χ4n) is 3.34. The van der Waals surface area contributed by atoms with Gasteiger partial charge in [0.2, 0.25) is 5.91 Å². The Kier molecular flexibility index (Phi) is 7.09. The number of carbonyl (C=O) groups excluding carboxylic acids is 1. The number of rotatable bonds is 8. The van der Waals surface area contributed by atoms with E-state index in [0.717, 1.165) is 23.4 Å². The van der Waals surface area contributed by atoms with Crippen LogP contribution in [0.25, 0.3) is 6.08 Å². The smallest absolute Gasteiger partial charge is 0.244 e. The third-order valence-electron chi connectivity index (χ3n) is 4.95.